The zero-order chi connectivity index (χ0) is 20.3. The SMILES string of the molecule is C[N+]1(C)CCCC(OCCCCCCCCCCOC2CCC[N+](C)(C)C2)C1. The molecule has 0 aliphatic carbocycles. The summed E-state index contributed by atoms with van der Waals surface area (Å²) in [7, 11) is 9.32. The Kier molecular flexibility index (Phi) is 10.8. The highest BCUT2D eigenvalue weighted by Crippen LogP contribution is 2.19. The second-order valence-corrected chi connectivity index (χ2v) is 10.8. The molecular weight excluding hydrogens is 348 g/mol. The van der Waals surface area contributed by atoms with E-state index in [0.717, 1.165) is 22.2 Å². The molecule has 2 saturated heterocycles. The summed E-state index contributed by atoms with van der Waals surface area (Å²) in [6.45, 7) is 6.95. The number of hydrogen-bond donors (Lipinski definition) is 0. The van der Waals surface area contributed by atoms with E-state index in [-0.39, 0.29) is 0 Å². The average Bonchev–Trinajstić information content (AvgIpc) is 2.61. The Morgan fingerprint density at radius 3 is 1.29 bits per heavy atom. The van der Waals surface area contributed by atoms with Crippen LogP contribution in [0.4, 0.5) is 0 Å². The van der Waals surface area contributed by atoms with E-state index in [9.17, 15) is 0 Å². The summed E-state index contributed by atoms with van der Waals surface area (Å²) in [5, 5.41) is 0. The van der Waals surface area contributed by atoms with Crippen molar-refractivity contribution in [3.63, 3.8) is 0 Å². The zero-order valence-electron chi connectivity index (χ0n) is 19.6. The summed E-state index contributed by atoms with van der Waals surface area (Å²) >= 11 is 0. The van der Waals surface area contributed by atoms with Crippen LogP contribution in [0.5, 0.6) is 0 Å². The van der Waals surface area contributed by atoms with Gasteiger partial charge < -0.3 is 18.4 Å². The molecule has 0 amide bonds. The predicted molar refractivity (Wildman–Crippen MR) is 119 cm³/mol. The van der Waals surface area contributed by atoms with Crippen LogP contribution in [-0.4, -0.2) is 88.8 Å². The van der Waals surface area contributed by atoms with Crippen LogP contribution in [0.25, 0.3) is 0 Å². The third kappa shape index (κ3) is 10.6. The largest absolute Gasteiger partial charge is 0.372 e. The fourth-order valence-electron chi connectivity index (χ4n) is 5.00. The molecule has 0 saturated carbocycles. The smallest absolute Gasteiger partial charge is 0.107 e. The highest BCUT2D eigenvalue weighted by atomic mass is 16.5. The molecule has 2 aliphatic heterocycles. The molecule has 2 unspecified atom stereocenters. The van der Waals surface area contributed by atoms with Gasteiger partial charge in [0.1, 0.15) is 25.3 Å². The van der Waals surface area contributed by atoms with Crippen LogP contribution in [-0.2, 0) is 9.47 Å². The normalized spacial score (nSPS) is 27.0. The lowest BCUT2D eigenvalue weighted by Crippen LogP contribution is -2.50. The van der Waals surface area contributed by atoms with Crippen molar-refractivity contribution in [2.45, 2.75) is 89.3 Å². The van der Waals surface area contributed by atoms with E-state index in [1.54, 1.807) is 0 Å². The Balaban J connectivity index is 1.32. The molecule has 2 atom stereocenters. The molecule has 166 valence electrons. The van der Waals surface area contributed by atoms with E-state index in [1.807, 2.05) is 0 Å². The lowest BCUT2D eigenvalue weighted by Gasteiger charge is -2.37. The maximum atomic E-state index is 6.12. The van der Waals surface area contributed by atoms with E-state index >= 15 is 0 Å². The first-order chi connectivity index (χ1) is 13.4. The summed E-state index contributed by atoms with van der Waals surface area (Å²) in [6, 6.07) is 0. The number of piperidine rings is 2. The van der Waals surface area contributed by atoms with E-state index in [1.165, 1.54) is 103 Å². The van der Waals surface area contributed by atoms with Gasteiger partial charge in [-0.3, -0.25) is 0 Å². The Bertz CT molecular complexity index is 373. The van der Waals surface area contributed by atoms with Gasteiger partial charge in [0.05, 0.1) is 41.3 Å². The summed E-state index contributed by atoms with van der Waals surface area (Å²) in [5.74, 6) is 0. The molecule has 2 heterocycles. The maximum Gasteiger partial charge on any atom is 0.107 e. The summed E-state index contributed by atoms with van der Waals surface area (Å²) < 4.78 is 14.5. The monoisotopic (exact) mass is 398 g/mol. The van der Waals surface area contributed by atoms with Gasteiger partial charge in [0.2, 0.25) is 0 Å². The molecule has 4 heteroatoms. The predicted octanol–water partition coefficient (Wildman–Crippen LogP) is 4.62. The molecule has 0 bridgehead atoms. The molecule has 2 fully saturated rings. The number of rotatable bonds is 13. The Labute approximate surface area is 175 Å². The van der Waals surface area contributed by atoms with Gasteiger partial charge in [0, 0.05) is 13.2 Å². The molecule has 4 nitrogen and oxygen atoms in total. The van der Waals surface area contributed by atoms with Gasteiger partial charge in [0.15, 0.2) is 0 Å². The maximum absolute atomic E-state index is 6.12. The van der Waals surface area contributed by atoms with Gasteiger partial charge in [-0.1, -0.05) is 38.5 Å². The van der Waals surface area contributed by atoms with Gasteiger partial charge >= 0.3 is 0 Å². The quantitative estimate of drug-likeness (QED) is 0.333. The summed E-state index contributed by atoms with van der Waals surface area (Å²) in [5.41, 5.74) is 0. The van der Waals surface area contributed by atoms with E-state index in [0.29, 0.717) is 12.2 Å². The number of unbranched alkanes of at least 4 members (excludes halogenated alkanes) is 7. The number of quaternary nitrogens is 2. The Morgan fingerprint density at radius 1 is 0.571 bits per heavy atom. The Morgan fingerprint density at radius 2 is 0.929 bits per heavy atom. The van der Waals surface area contributed by atoms with Gasteiger partial charge in [-0.2, -0.15) is 0 Å². The van der Waals surface area contributed by atoms with Crippen LogP contribution >= 0.6 is 0 Å². The fraction of sp³-hybridized carbons (Fsp3) is 1.00. The van der Waals surface area contributed by atoms with Crippen molar-refractivity contribution in [2.75, 3.05) is 67.6 Å². The summed E-state index contributed by atoms with van der Waals surface area (Å²) in [4.78, 5) is 0. The average molecular weight is 399 g/mol. The number of likely N-dealkylation sites (N-methyl/N-ethyl adjacent to an activating group) is 2. The van der Waals surface area contributed by atoms with Crippen LogP contribution < -0.4 is 0 Å². The molecule has 0 aromatic rings. The van der Waals surface area contributed by atoms with Crippen LogP contribution in [0.1, 0.15) is 77.0 Å². The number of hydrogen-bond acceptors (Lipinski definition) is 2. The third-order valence-corrected chi connectivity index (χ3v) is 6.72. The minimum atomic E-state index is 0.504. The molecule has 2 rings (SSSR count). The van der Waals surface area contributed by atoms with E-state index < -0.39 is 0 Å². The van der Waals surface area contributed by atoms with Crippen molar-refractivity contribution in [1.29, 1.82) is 0 Å². The second-order valence-electron chi connectivity index (χ2n) is 10.8. The number of nitrogens with zero attached hydrogens (tertiary/aromatic N) is 2. The standard InChI is InChI=1S/C24H50N2O2/c1-25(2)17-13-15-23(21-25)27-19-11-9-7-5-6-8-10-12-20-28-24-16-14-18-26(3,4)22-24/h23-24H,5-22H2,1-4H3/q+2. The van der Waals surface area contributed by atoms with E-state index in [2.05, 4.69) is 28.2 Å². The van der Waals surface area contributed by atoms with Crippen molar-refractivity contribution >= 4 is 0 Å². The molecule has 28 heavy (non-hydrogen) atoms. The van der Waals surface area contributed by atoms with Crippen LogP contribution in [0.3, 0.4) is 0 Å². The fourth-order valence-corrected chi connectivity index (χ4v) is 5.00. The van der Waals surface area contributed by atoms with Crippen LogP contribution in [0, 0.1) is 0 Å². The van der Waals surface area contributed by atoms with Crippen molar-refractivity contribution in [3.05, 3.63) is 0 Å². The minimum absolute atomic E-state index is 0.504. The topological polar surface area (TPSA) is 18.5 Å². The minimum Gasteiger partial charge on any atom is -0.372 e. The first kappa shape index (κ1) is 24.1. The number of ether oxygens (including phenoxy) is 2. The first-order valence-corrected chi connectivity index (χ1v) is 12.2. The first-order valence-electron chi connectivity index (χ1n) is 12.2. The van der Waals surface area contributed by atoms with Gasteiger partial charge in [-0.15, -0.1) is 0 Å². The molecular formula is C24H50N2O2+2. The lowest BCUT2D eigenvalue weighted by molar-refractivity contribution is -0.898. The molecule has 0 radical (unpaired) electrons. The second kappa shape index (κ2) is 12.5. The van der Waals surface area contributed by atoms with Gasteiger partial charge in [0.25, 0.3) is 0 Å². The van der Waals surface area contributed by atoms with Crippen LogP contribution in [0.2, 0.25) is 0 Å². The highest BCUT2D eigenvalue weighted by Gasteiger charge is 2.28. The molecule has 0 spiro atoms. The van der Waals surface area contributed by atoms with Crippen molar-refractivity contribution in [1.82, 2.24) is 0 Å². The van der Waals surface area contributed by atoms with Gasteiger partial charge in [-0.25, -0.2) is 0 Å². The lowest BCUT2D eigenvalue weighted by atomic mass is 10.1. The van der Waals surface area contributed by atoms with Gasteiger partial charge in [-0.05, 0) is 38.5 Å². The van der Waals surface area contributed by atoms with E-state index in [4.69, 9.17) is 9.47 Å². The molecule has 2 aliphatic rings. The molecule has 0 aromatic carbocycles. The van der Waals surface area contributed by atoms with Crippen molar-refractivity contribution < 1.29 is 18.4 Å². The molecule has 0 N–H and O–H groups in total. The van der Waals surface area contributed by atoms with Crippen molar-refractivity contribution in [3.8, 4) is 0 Å². The highest BCUT2D eigenvalue weighted by molar-refractivity contribution is 4.64. The summed E-state index contributed by atoms with van der Waals surface area (Å²) in [6.07, 6.45) is 16.9. The molecule has 0 aromatic heterocycles. The van der Waals surface area contributed by atoms with Crippen molar-refractivity contribution in [2.24, 2.45) is 0 Å². The Hall–Kier alpha value is -0.160. The van der Waals surface area contributed by atoms with Crippen LogP contribution in [0.15, 0.2) is 0 Å². The number of likely N-dealkylation sites (tertiary alicyclic amines) is 2. The zero-order valence-corrected chi connectivity index (χ0v) is 19.6. The third-order valence-electron chi connectivity index (χ3n) is 6.72.